The van der Waals surface area contributed by atoms with Crippen molar-refractivity contribution in [1.82, 2.24) is 4.90 Å². The lowest BCUT2D eigenvalue weighted by atomic mass is 9.88. The zero-order chi connectivity index (χ0) is 23.1. The number of hydrogen-bond donors (Lipinski definition) is 1. The number of carboxylic acids is 1. The third kappa shape index (κ3) is 3.75. The van der Waals surface area contributed by atoms with Crippen molar-refractivity contribution < 1.29 is 23.8 Å². The Morgan fingerprint density at radius 1 is 1.00 bits per heavy atom. The van der Waals surface area contributed by atoms with E-state index in [2.05, 4.69) is 12.1 Å². The summed E-state index contributed by atoms with van der Waals surface area (Å²) in [5.41, 5.74) is 5.59. The number of ether oxygens (including phenoxy) is 1. The first-order valence-corrected chi connectivity index (χ1v) is 11.0. The minimum Gasteiger partial charge on any atom is -0.481 e. The van der Waals surface area contributed by atoms with Gasteiger partial charge < -0.3 is 14.7 Å². The summed E-state index contributed by atoms with van der Waals surface area (Å²) in [5.74, 6) is -2.75. The van der Waals surface area contributed by atoms with E-state index in [1.807, 2.05) is 36.4 Å². The van der Waals surface area contributed by atoms with Crippen LogP contribution in [0.5, 0.6) is 0 Å². The van der Waals surface area contributed by atoms with Crippen molar-refractivity contribution in [3.8, 4) is 11.1 Å². The van der Waals surface area contributed by atoms with E-state index < -0.39 is 23.9 Å². The van der Waals surface area contributed by atoms with Crippen LogP contribution in [-0.2, 0) is 9.53 Å². The number of aryl methyl sites for hydroxylation is 1. The zero-order valence-corrected chi connectivity index (χ0v) is 18.2. The first-order chi connectivity index (χ1) is 15.9. The maximum atomic E-state index is 14.1. The van der Waals surface area contributed by atoms with Crippen LogP contribution >= 0.6 is 0 Å². The molecule has 1 heterocycles. The van der Waals surface area contributed by atoms with Crippen molar-refractivity contribution in [3.63, 3.8) is 0 Å². The van der Waals surface area contributed by atoms with Crippen LogP contribution in [0, 0.1) is 18.7 Å². The second-order valence-electron chi connectivity index (χ2n) is 8.77. The van der Waals surface area contributed by atoms with Gasteiger partial charge in [-0.15, -0.1) is 0 Å². The van der Waals surface area contributed by atoms with Gasteiger partial charge in [-0.05, 0) is 46.4 Å². The Balaban J connectivity index is 1.32. The summed E-state index contributed by atoms with van der Waals surface area (Å²) in [7, 11) is 0. The number of carbonyl (C=O) groups is 2. The van der Waals surface area contributed by atoms with Crippen molar-refractivity contribution in [1.29, 1.82) is 0 Å². The third-order valence-electron chi connectivity index (χ3n) is 6.86. The van der Waals surface area contributed by atoms with Gasteiger partial charge >= 0.3 is 12.1 Å². The van der Waals surface area contributed by atoms with Gasteiger partial charge in [0.2, 0.25) is 0 Å². The number of halogens is 1. The van der Waals surface area contributed by atoms with E-state index >= 15 is 0 Å². The normalized spacial score (nSPS) is 19.3. The topological polar surface area (TPSA) is 66.8 Å². The molecule has 1 amide bonds. The molecule has 5 rings (SSSR count). The summed E-state index contributed by atoms with van der Waals surface area (Å²) in [4.78, 5) is 26.2. The summed E-state index contributed by atoms with van der Waals surface area (Å²) in [5, 5.41) is 9.72. The largest absolute Gasteiger partial charge is 0.481 e. The Morgan fingerprint density at radius 2 is 1.64 bits per heavy atom. The number of likely N-dealkylation sites (tertiary alicyclic amines) is 1. The first kappa shape index (κ1) is 21.2. The highest BCUT2D eigenvalue weighted by atomic mass is 19.1. The van der Waals surface area contributed by atoms with E-state index in [0.29, 0.717) is 11.1 Å². The average Bonchev–Trinajstić information content (AvgIpc) is 3.40. The highest BCUT2D eigenvalue weighted by Crippen LogP contribution is 2.44. The summed E-state index contributed by atoms with van der Waals surface area (Å²) >= 11 is 0. The molecule has 5 nitrogen and oxygen atoms in total. The van der Waals surface area contributed by atoms with Crippen LogP contribution in [0.15, 0.2) is 66.7 Å². The molecule has 1 aliphatic carbocycles. The Kier molecular flexibility index (Phi) is 5.36. The van der Waals surface area contributed by atoms with Crippen molar-refractivity contribution >= 4 is 12.1 Å². The molecule has 33 heavy (non-hydrogen) atoms. The number of aliphatic carboxylic acids is 1. The number of nitrogens with zero attached hydrogens (tertiary/aromatic N) is 1. The third-order valence-corrected chi connectivity index (χ3v) is 6.86. The molecule has 0 unspecified atom stereocenters. The van der Waals surface area contributed by atoms with Gasteiger partial charge in [0, 0.05) is 24.9 Å². The van der Waals surface area contributed by atoms with Crippen LogP contribution < -0.4 is 0 Å². The second kappa shape index (κ2) is 8.35. The fraction of sp³-hybridized carbons (Fsp3) is 0.259. The van der Waals surface area contributed by atoms with Gasteiger partial charge in [0.25, 0.3) is 0 Å². The van der Waals surface area contributed by atoms with Crippen molar-refractivity contribution in [2.24, 2.45) is 5.92 Å². The molecular formula is C27H24FNO4. The number of hydrogen-bond acceptors (Lipinski definition) is 3. The smallest absolute Gasteiger partial charge is 0.409 e. The Labute approximate surface area is 191 Å². The lowest BCUT2D eigenvalue weighted by Gasteiger charge is -2.19. The second-order valence-corrected chi connectivity index (χ2v) is 8.77. The molecule has 1 aliphatic heterocycles. The molecule has 0 spiro atoms. The zero-order valence-electron chi connectivity index (χ0n) is 18.2. The summed E-state index contributed by atoms with van der Waals surface area (Å²) in [6.07, 6.45) is -0.543. The van der Waals surface area contributed by atoms with Gasteiger partial charge in [-0.2, -0.15) is 0 Å². The molecule has 168 valence electrons. The number of carboxylic acid groups (broad SMARTS) is 1. The van der Waals surface area contributed by atoms with Crippen molar-refractivity contribution in [2.75, 3.05) is 19.7 Å². The van der Waals surface area contributed by atoms with E-state index in [1.54, 1.807) is 19.1 Å². The van der Waals surface area contributed by atoms with Crippen LogP contribution in [0.3, 0.4) is 0 Å². The monoisotopic (exact) mass is 445 g/mol. The fourth-order valence-corrected chi connectivity index (χ4v) is 5.07. The molecule has 0 saturated carbocycles. The van der Waals surface area contributed by atoms with Crippen molar-refractivity contribution in [2.45, 2.75) is 18.8 Å². The molecule has 0 radical (unpaired) electrons. The Bertz CT molecular complexity index is 1190. The number of carbonyl (C=O) groups excluding carboxylic acids is 1. The molecule has 0 bridgehead atoms. The molecular weight excluding hydrogens is 421 g/mol. The van der Waals surface area contributed by atoms with E-state index in [4.69, 9.17) is 4.74 Å². The number of rotatable bonds is 4. The number of amides is 1. The highest BCUT2D eigenvalue weighted by Gasteiger charge is 2.41. The maximum absolute atomic E-state index is 14.1. The number of fused-ring (bicyclic) bond motifs is 3. The van der Waals surface area contributed by atoms with Crippen LogP contribution in [0.1, 0.15) is 34.1 Å². The predicted molar refractivity (Wildman–Crippen MR) is 122 cm³/mol. The standard InChI is InChI=1S/C27H24FNO4/c1-16-10-11-17(12-25(16)28)22-13-29(14-23(22)26(30)31)27(32)33-15-24-20-8-4-2-6-18(20)19-7-3-5-9-21(19)24/h2-12,22-24H,13-15H2,1H3,(H,30,31)/t22-,23+/m0/s1. The molecule has 0 aromatic heterocycles. The Morgan fingerprint density at radius 3 is 2.24 bits per heavy atom. The summed E-state index contributed by atoms with van der Waals surface area (Å²) < 4.78 is 19.8. The lowest BCUT2D eigenvalue weighted by Crippen LogP contribution is -2.31. The van der Waals surface area contributed by atoms with E-state index in [9.17, 15) is 19.1 Å². The Hall–Kier alpha value is -3.67. The summed E-state index contributed by atoms with van der Waals surface area (Å²) in [6, 6.07) is 20.9. The summed E-state index contributed by atoms with van der Waals surface area (Å²) in [6.45, 7) is 2.04. The van der Waals surface area contributed by atoms with Gasteiger partial charge in [0.1, 0.15) is 12.4 Å². The average molecular weight is 445 g/mol. The van der Waals surface area contributed by atoms with E-state index in [-0.39, 0.29) is 31.4 Å². The first-order valence-electron chi connectivity index (χ1n) is 11.0. The van der Waals surface area contributed by atoms with E-state index in [1.165, 1.54) is 11.0 Å². The fourth-order valence-electron chi connectivity index (χ4n) is 5.07. The van der Waals surface area contributed by atoms with Gasteiger partial charge in [0.15, 0.2) is 0 Å². The van der Waals surface area contributed by atoms with Gasteiger partial charge in [-0.3, -0.25) is 4.79 Å². The molecule has 6 heteroatoms. The van der Waals surface area contributed by atoms with Crippen LogP contribution in [0.2, 0.25) is 0 Å². The molecule has 3 aromatic rings. The molecule has 1 fully saturated rings. The highest BCUT2D eigenvalue weighted by molar-refractivity contribution is 5.79. The predicted octanol–water partition coefficient (Wildman–Crippen LogP) is 5.18. The van der Waals surface area contributed by atoms with E-state index in [0.717, 1.165) is 22.3 Å². The molecule has 1 saturated heterocycles. The lowest BCUT2D eigenvalue weighted by molar-refractivity contribution is -0.141. The SMILES string of the molecule is Cc1ccc([C@@H]2CN(C(=O)OCC3c4ccccc4-c4ccccc43)C[C@H]2C(=O)O)cc1F. The van der Waals surface area contributed by atoms with Crippen molar-refractivity contribution in [3.05, 3.63) is 94.8 Å². The van der Waals surface area contributed by atoms with Gasteiger partial charge in [-0.1, -0.05) is 60.7 Å². The molecule has 2 atom stereocenters. The van der Waals surface area contributed by atoms with Crippen LogP contribution in [0.4, 0.5) is 9.18 Å². The number of benzene rings is 3. The minimum atomic E-state index is -1.00. The molecule has 1 N–H and O–H groups in total. The molecule has 3 aromatic carbocycles. The van der Waals surface area contributed by atoms with Crippen LogP contribution in [-0.4, -0.2) is 41.8 Å². The molecule has 2 aliphatic rings. The minimum absolute atomic E-state index is 0.0339. The maximum Gasteiger partial charge on any atom is 0.409 e. The van der Waals surface area contributed by atoms with Gasteiger partial charge in [0.05, 0.1) is 5.92 Å². The van der Waals surface area contributed by atoms with Crippen LogP contribution in [0.25, 0.3) is 11.1 Å². The van der Waals surface area contributed by atoms with Gasteiger partial charge in [-0.25, -0.2) is 9.18 Å². The quantitative estimate of drug-likeness (QED) is 0.601.